The molecule has 0 amide bonds. The topological polar surface area (TPSA) is 73.7 Å². The second-order valence-corrected chi connectivity index (χ2v) is 6.96. The number of hydrogen-bond donors (Lipinski definition) is 1. The van der Waals surface area contributed by atoms with Crippen LogP contribution in [0, 0.1) is 4.77 Å². The number of unbranched alkanes of at least 4 members (excludes halogenated alkanes) is 2. The van der Waals surface area contributed by atoms with Gasteiger partial charge in [0, 0.05) is 0 Å². The van der Waals surface area contributed by atoms with E-state index < -0.39 is 0 Å². The Kier molecular flexibility index (Phi) is 8.02. The van der Waals surface area contributed by atoms with Crippen molar-refractivity contribution in [2.24, 2.45) is 5.10 Å². The van der Waals surface area contributed by atoms with E-state index in [0.717, 1.165) is 36.3 Å². The first kappa shape index (κ1) is 21.6. The second kappa shape index (κ2) is 11.2. The first-order chi connectivity index (χ1) is 14.7. The maximum Gasteiger partial charge on any atom is 0.216 e. The van der Waals surface area contributed by atoms with Gasteiger partial charge >= 0.3 is 0 Å². The minimum Gasteiger partial charge on any atom is -0.493 e. The Labute approximate surface area is 181 Å². The largest absolute Gasteiger partial charge is 0.493 e. The number of aromatic amines is 1. The van der Waals surface area contributed by atoms with Gasteiger partial charge in [0.15, 0.2) is 17.3 Å². The summed E-state index contributed by atoms with van der Waals surface area (Å²) in [5.41, 5.74) is 0.853. The van der Waals surface area contributed by atoms with E-state index in [1.165, 1.54) is 0 Å². The van der Waals surface area contributed by atoms with E-state index in [2.05, 4.69) is 22.2 Å². The third-order valence-corrected chi connectivity index (χ3v) is 4.61. The Morgan fingerprint density at radius 3 is 2.70 bits per heavy atom. The molecule has 0 aliphatic carbocycles. The van der Waals surface area contributed by atoms with Crippen molar-refractivity contribution in [1.29, 1.82) is 0 Å². The molecule has 0 atom stereocenters. The highest BCUT2D eigenvalue weighted by atomic mass is 32.1. The van der Waals surface area contributed by atoms with E-state index in [0.29, 0.717) is 23.0 Å². The van der Waals surface area contributed by atoms with Crippen LogP contribution in [0.3, 0.4) is 0 Å². The molecule has 158 valence electrons. The van der Waals surface area contributed by atoms with Gasteiger partial charge in [-0.2, -0.15) is 14.9 Å². The van der Waals surface area contributed by atoms with E-state index in [1.807, 2.05) is 48.5 Å². The van der Waals surface area contributed by atoms with Crippen LogP contribution in [0.15, 0.2) is 53.6 Å². The van der Waals surface area contributed by atoms with Gasteiger partial charge in [0.1, 0.15) is 12.4 Å². The van der Waals surface area contributed by atoms with Gasteiger partial charge in [0.05, 0.1) is 19.9 Å². The fourth-order valence-electron chi connectivity index (χ4n) is 2.74. The average Bonchev–Trinajstić information content (AvgIpc) is 3.14. The molecular formula is C22H26N4O3S. The molecule has 1 heterocycles. The number of methoxy groups -OCH3 is 1. The molecule has 0 aliphatic heterocycles. The fourth-order valence-corrected chi connectivity index (χ4v) is 2.94. The summed E-state index contributed by atoms with van der Waals surface area (Å²) in [4.78, 5) is 0. The first-order valence-electron chi connectivity index (χ1n) is 9.90. The van der Waals surface area contributed by atoms with Crippen molar-refractivity contribution in [3.63, 3.8) is 0 Å². The molecule has 1 N–H and O–H groups in total. The number of nitrogens with zero attached hydrogens (tertiary/aromatic N) is 3. The molecular weight excluding hydrogens is 400 g/mol. The molecule has 0 fully saturated rings. The monoisotopic (exact) mass is 426 g/mol. The molecule has 1 aromatic heterocycles. The van der Waals surface area contributed by atoms with Crippen molar-refractivity contribution in [3.8, 4) is 17.2 Å². The van der Waals surface area contributed by atoms with Crippen LogP contribution >= 0.6 is 12.2 Å². The number of para-hydroxylation sites is 1. The van der Waals surface area contributed by atoms with Crippen LogP contribution in [0.1, 0.15) is 37.6 Å². The Morgan fingerprint density at radius 1 is 1.10 bits per heavy atom. The SMILES string of the molecule is CCCCCOc1ccc(/C=N\n2c(COc3ccccc3)n[nH]c2=S)cc1OC. The quantitative estimate of drug-likeness (QED) is 0.266. The van der Waals surface area contributed by atoms with E-state index in [4.69, 9.17) is 26.4 Å². The lowest BCUT2D eigenvalue weighted by molar-refractivity contribution is 0.286. The van der Waals surface area contributed by atoms with Gasteiger partial charge in [-0.15, -0.1) is 0 Å². The molecule has 3 aromatic rings. The van der Waals surface area contributed by atoms with Gasteiger partial charge in [0.2, 0.25) is 4.77 Å². The summed E-state index contributed by atoms with van der Waals surface area (Å²) in [5.74, 6) is 2.71. The first-order valence-corrected chi connectivity index (χ1v) is 10.3. The zero-order chi connectivity index (χ0) is 21.2. The van der Waals surface area contributed by atoms with Crippen molar-refractivity contribution in [2.75, 3.05) is 13.7 Å². The maximum atomic E-state index is 5.82. The molecule has 0 radical (unpaired) electrons. The number of ether oxygens (including phenoxy) is 3. The molecule has 0 unspecified atom stereocenters. The zero-order valence-corrected chi connectivity index (χ0v) is 18.0. The van der Waals surface area contributed by atoms with Gasteiger partial charge in [0.25, 0.3) is 0 Å². The highest BCUT2D eigenvalue weighted by molar-refractivity contribution is 7.71. The lowest BCUT2D eigenvalue weighted by Crippen LogP contribution is -2.04. The summed E-state index contributed by atoms with van der Waals surface area (Å²) in [5, 5.41) is 11.4. The normalized spacial score (nSPS) is 11.0. The number of hydrogen-bond acceptors (Lipinski definition) is 6. The predicted octanol–water partition coefficient (Wildman–Crippen LogP) is 4.98. The molecule has 0 bridgehead atoms. The number of rotatable bonds is 11. The maximum absolute atomic E-state index is 5.82. The van der Waals surface area contributed by atoms with E-state index in [1.54, 1.807) is 18.0 Å². The third kappa shape index (κ3) is 5.93. The van der Waals surface area contributed by atoms with Gasteiger partial charge in [-0.25, -0.2) is 5.10 Å². The molecule has 8 heteroatoms. The summed E-state index contributed by atoms with van der Waals surface area (Å²) >= 11 is 5.29. The number of nitrogens with one attached hydrogen (secondary N) is 1. The molecule has 0 saturated heterocycles. The van der Waals surface area contributed by atoms with Gasteiger partial charge in [-0.05, 0) is 54.5 Å². The van der Waals surface area contributed by atoms with Crippen molar-refractivity contribution >= 4 is 18.4 Å². The van der Waals surface area contributed by atoms with E-state index in [-0.39, 0.29) is 6.61 Å². The van der Waals surface area contributed by atoms with Crippen molar-refractivity contribution in [3.05, 3.63) is 64.7 Å². The number of aromatic nitrogens is 3. The summed E-state index contributed by atoms with van der Waals surface area (Å²) < 4.78 is 19.0. The average molecular weight is 427 g/mol. The van der Waals surface area contributed by atoms with Crippen LogP contribution in [0.25, 0.3) is 0 Å². The van der Waals surface area contributed by atoms with E-state index in [9.17, 15) is 0 Å². The zero-order valence-electron chi connectivity index (χ0n) is 17.2. The molecule has 7 nitrogen and oxygen atoms in total. The molecule has 0 aliphatic rings. The summed E-state index contributed by atoms with van der Waals surface area (Å²) in [6, 6.07) is 15.2. The lowest BCUT2D eigenvalue weighted by Gasteiger charge is -2.11. The third-order valence-electron chi connectivity index (χ3n) is 4.34. The Balaban J connectivity index is 1.69. The van der Waals surface area contributed by atoms with Crippen molar-refractivity contribution in [1.82, 2.24) is 14.9 Å². The molecule has 30 heavy (non-hydrogen) atoms. The van der Waals surface area contributed by atoms with Crippen LogP contribution in [0.4, 0.5) is 0 Å². The minimum absolute atomic E-state index is 0.238. The Hall–Kier alpha value is -3.13. The summed E-state index contributed by atoms with van der Waals surface area (Å²) in [6.07, 6.45) is 5.02. The second-order valence-electron chi connectivity index (χ2n) is 6.57. The Morgan fingerprint density at radius 2 is 1.93 bits per heavy atom. The predicted molar refractivity (Wildman–Crippen MR) is 119 cm³/mol. The molecule has 0 saturated carbocycles. The standard InChI is InChI=1S/C22H26N4O3S/c1-3-4-8-13-28-19-12-11-17(14-20(19)27-2)15-23-26-21(24-25-22(26)30)16-29-18-9-6-5-7-10-18/h5-7,9-12,14-15H,3-4,8,13,16H2,1-2H3,(H,25,30)/b23-15-. The van der Waals surface area contributed by atoms with Gasteiger partial charge in [-0.1, -0.05) is 38.0 Å². The number of H-pyrrole nitrogens is 1. The van der Waals surface area contributed by atoms with Crippen LogP contribution in [-0.4, -0.2) is 34.8 Å². The van der Waals surface area contributed by atoms with Crippen LogP contribution in [0.2, 0.25) is 0 Å². The van der Waals surface area contributed by atoms with Crippen molar-refractivity contribution in [2.45, 2.75) is 32.8 Å². The smallest absolute Gasteiger partial charge is 0.216 e. The number of benzene rings is 2. The summed E-state index contributed by atoms with van der Waals surface area (Å²) in [6.45, 7) is 3.08. The lowest BCUT2D eigenvalue weighted by atomic mass is 10.2. The summed E-state index contributed by atoms with van der Waals surface area (Å²) in [7, 11) is 1.63. The van der Waals surface area contributed by atoms with Crippen LogP contribution < -0.4 is 14.2 Å². The molecule has 2 aromatic carbocycles. The molecule has 3 rings (SSSR count). The minimum atomic E-state index is 0.238. The van der Waals surface area contributed by atoms with Gasteiger partial charge < -0.3 is 14.2 Å². The van der Waals surface area contributed by atoms with Gasteiger partial charge in [-0.3, -0.25) is 0 Å². The van der Waals surface area contributed by atoms with Crippen LogP contribution in [-0.2, 0) is 6.61 Å². The van der Waals surface area contributed by atoms with E-state index >= 15 is 0 Å². The Bertz CT molecular complexity index is 1010. The highest BCUT2D eigenvalue weighted by Gasteiger charge is 2.08. The molecule has 0 spiro atoms. The highest BCUT2D eigenvalue weighted by Crippen LogP contribution is 2.27. The fraction of sp³-hybridized carbons (Fsp3) is 0.318. The van der Waals surface area contributed by atoms with Crippen LogP contribution in [0.5, 0.6) is 17.2 Å². The van der Waals surface area contributed by atoms with Crippen molar-refractivity contribution < 1.29 is 14.2 Å².